The first-order valence-corrected chi connectivity index (χ1v) is 8.14. The highest BCUT2D eigenvalue weighted by Gasteiger charge is 2.18. The third kappa shape index (κ3) is 4.93. The van der Waals surface area contributed by atoms with Crippen LogP contribution in [-0.4, -0.2) is 30.6 Å². The van der Waals surface area contributed by atoms with E-state index in [1.807, 2.05) is 25.3 Å². The van der Waals surface area contributed by atoms with Crippen LogP contribution in [0.3, 0.4) is 0 Å². The smallest absolute Gasteiger partial charge is 0.259 e. The molecule has 0 aliphatic heterocycles. The Labute approximate surface area is 115 Å². The molecule has 1 rings (SSSR count). The number of aryl methyl sites for hydroxylation is 2. The Hall–Kier alpha value is -0.920. The molecule has 1 heterocycles. The number of nitrogens with two attached hydrogens (primary N) is 1. The monoisotopic (exact) mass is 288 g/mol. The molecule has 7 heteroatoms. The predicted molar refractivity (Wildman–Crippen MR) is 75.3 cm³/mol. The summed E-state index contributed by atoms with van der Waals surface area (Å²) in [6.45, 7) is 6.93. The Kier molecular flexibility index (Phi) is 5.96. The van der Waals surface area contributed by atoms with E-state index >= 15 is 0 Å². The van der Waals surface area contributed by atoms with Gasteiger partial charge in [-0.25, -0.2) is 18.1 Å². The lowest BCUT2D eigenvalue weighted by Gasteiger charge is -2.06. The molecule has 1 aromatic heterocycles. The van der Waals surface area contributed by atoms with E-state index in [0.29, 0.717) is 6.54 Å². The van der Waals surface area contributed by atoms with E-state index in [1.54, 1.807) is 6.20 Å². The van der Waals surface area contributed by atoms with E-state index in [4.69, 9.17) is 5.73 Å². The molecule has 3 N–H and O–H groups in total. The Balaban J connectivity index is 2.64. The number of rotatable bonds is 8. The summed E-state index contributed by atoms with van der Waals surface area (Å²) in [5, 5.41) is 0.0965. The minimum absolute atomic E-state index is 0.0931. The van der Waals surface area contributed by atoms with Crippen molar-refractivity contribution in [2.75, 3.05) is 6.54 Å². The molecule has 0 aliphatic carbocycles. The minimum atomic E-state index is -3.50. The molecule has 0 amide bonds. The van der Waals surface area contributed by atoms with Crippen molar-refractivity contribution in [2.24, 2.45) is 5.73 Å². The minimum Gasteiger partial charge on any atom is -0.334 e. The summed E-state index contributed by atoms with van der Waals surface area (Å²) >= 11 is 0. The molecule has 19 heavy (non-hydrogen) atoms. The number of nitrogens with one attached hydrogen (secondary N) is 1. The van der Waals surface area contributed by atoms with Gasteiger partial charge < -0.3 is 10.3 Å². The highest BCUT2D eigenvalue weighted by atomic mass is 32.2. The highest BCUT2D eigenvalue weighted by Crippen LogP contribution is 2.09. The summed E-state index contributed by atoms with van der Waals surface area (Å²) in [6, 6.07) is 0.0931. The van der Waals surface area contributed by atoms with E-state index in [1.165, 1.54) is 0 Å². The van der Waals surface area contributed by atoms with Crippen LogP contribution in [-0.2, 0) is 16.6 Å². The summed E-state index contributed by atoms with van der Waals surface area (Å²) in [7, 11) is -3.50. The van der Waals surface area contributed by atoms with Gasteiger partial charge in [0.1, 0.15) is 5.82 Å². The van der Waals surface area contributed by atoms with Crippen LogP contribution >= 0.6 is 0 Å². The van der Waals surface area contributed by atoms with Crippen LogP contribution in [0.15, 0.2) is 11.2 Å². The molecule has 0 saturated carbocycles. The van der Waals surface area contributed by atoms with Gasteiger partial charge >= 0.3 is 0 Å². The van der Waals surface area contributed by atoms with Crippen LogP contribution in [0.2, 0.25) is 0 Å². The third-order valence-electron chi connectivity index (χ3n) is 2.82. The SMILES string of the molecule is CCCn1cc(S(=O)(=O)NCCCC(C)N)nc1C. The second kappa shape index (κ2) is 7.02. The van der Waals surface area contributed by atoms with Gasteiger partial charge in [0.05, 0.1) is 0 Å². The molecule has 110 valence electrons. The van der Waals surface area contributed by atoms with E-state index in [0.717, 1.165) is 31.6 Å². The molecule has 1 unspecified atom stereocenters. The topological polar surface area (TPSA) is 90.0 Å². The van der Waals surface area contributed by atoms with Gasteiger partial charge in [-0.05, 0) is 33.1 Å². The summed E-state index contributed by atoms with van der Waals surface area (Å²) in [4.78, 5) is 4.10. The molecule has 0 radical (unpaired) electrons. The maximum Gasteiger partial charge on any atom is 0.259 e. The molecule has 1 atom stereocenters. The first-order valence-electron chi connectivity index (χ1n) is 6.66. The van der Waals surface area contributed by atoms with Crippen molar-refractivity contribution in [1.29, 1.82) is 0 Å². The van der Waals surface area contributed by atoms with Gasteiger partial charge in [-0.3, -0.25) is 0 Å². The molecule has 0 bridgehead atoms. The van der Waals surface area contributed by atoms with Gasteiger partial charge in [-0.15, -0.1) is 0 Å². The average Bonchev–Trinajstić information content (AvgIpc) is 2.68. The number of nitrogens with zero attached hydrogens (tertiary/aromatic N) is 2. The van der Waals surface area contributed by atoms with Gasteiger partial charge in [0.25, 0.3) is 10.0 Å². The molecular weight excluding hydrogens is 264 g/mol. The van der Waals surface area contributed by atoms with E-state index in [2.05, 4.69) is 9.71 Å². The Morgan fingerprint density at radius 2 is 2.21 bits per heavy atom. The molecule has 6 nitrogen and oxygen atoms in total. The molecular formula is C12H24N4O2S. The molecule has 0 aromatic carbocycles. The first kappa shape index (κ1) is 16.1. The second-order valence-electron chi connectivity index (χ2n) is 4.84. The molecule has 0 spiro atoms. The summed E-state index contributed by atoms with van der Waals surface area (Å²) < 4.78 is 28.5. The van der Waals surface area contributed by atoms with Crippen LogP contribution in [0.4, 0.5) is 0 Å². The number of hydrogen-bond acceptors (Lipinski definition) is 4. The van der Waals surface area contributed by atoms with Crippen molar-refractivity contribution >= 4 is 10.0 Å². The average molecular weight is 288 g/mol. The number of sulfonamides is 1. The summed E-state index contributed by atoms with van der Waals surface area (Å²) in [6.07, 6.45) is 4.06. The first-order chi connectivity index (χ1) is 8.86. The van der Waals surface area contributed by atoms with Crippen LogP contribution in [0, 0.1) is 6.92 Å². The highest BCUT2D eigenvalue weighted by molar-refractivity contribution is 7.89. The molecule has 0 aliphatic rings. The van der Waals surface area contributed by atoms with Gasteiger partial charge in [0.15, 0.2) is 5.03 Å². The lowest BCUT2D eigenvalue weighted by molar-refractivity contribution is 0.565. The number of aromatic nitrogens is 2. The van der Waals surface area contributed by atoms with Crippen molar-refractivity contribution in [3.05, 3.63) is 12.0 Å². The normalized spacial score (nSPS) is 13.7. The fraction of sp³-hybridized carbons (Fsp3) is 0.750. The van der Waals surface area contributed by atoms with Crippen LogP contribution in [0.25, 0.3) is 0 Å². The second-order valence-corrected chi connectivity index (χ2v) is 6.55. The Bertz CT molecular complexity index is 494. The van der Waals surface area contributed by atoms with Crippen molar-refractivity contribution in [3.8, 4) is 0 Å². The summed E-state index contributed by atoms with van der Waals surface area (Å²) in [5.41, 5.74) is 5.62. The lowest BCUT2D eigenvalue weighted by Crippen LogP contribution is -2.26. The Morgan fingerprint density at radius 1 is 1.53 bits per heavy atom. The molecule has 0 saturated heterocycles. The maximum absolute atomic E-state index is 12.0. The van der Waals surface area contributed by atoms with Crippen LogP contribution in [0.1, 0.15) is 38.9 Å². The van der Waals surface area contributed by atoms with Gasteiger partial charge in [0.2, 0.25) is 0 Å². The third-order valence-corrected chi connectivity index (χ3v) is 4.15. The molecule has 0 fully saturated rings. The predicted octanol–water partition coefficient (Wildman–Crippen LogP) is 1.01. The largest absolute Gasteiger partial charge is 0.334 e. The zero-order chi connectivity index (χ0) is 14.5. The number of imidazole rings is 1. The Morgan fingerprint density at radius 3 is 2.79 bits per heavy atom. The maximum atomic E-state index is 12.0. The zero-order valence-electron chi connectivity index (χ0n) is 11.9. The number of hydrogen-bond donors (Lipinski definition) is 2. The van der Waals surface area contributed by atoms with Gasteiger partial charge in [0, 0.05) is 25.3 Å². The molecule has 1 aromatic rings. The van der Waals surface area contributed by atoms with Crippen molar-refractivity contribution < 1.29 is 8.42 Å². The van der Waals surface area contributed by atoms with E-state index in [9.17, 15) is 8.42 Å². The van der Waals surface area contributed by atoms with Crippen molar-refractivity contribution in [2.45, 2.75) is 57.6 Å². The lowest BCUT2D eigenvalue weighted by atomic mass is 10.2. The van der Waals surface area contributed by atoms with E-state index in [-0.39, 0.29) is 11.1 Å². The van der Waals surface area contributed by atoms with Crippen LogP contribution < -0.4 is 10.5 Å². The standard InChI is InChI=1S/C12H24N4O2S/c1-4-8-16-9-12(15-11(16)3)19(17,18)14-7-5-6-10(2)13/h9-10,14H,4-8,13H2,1-3H3. The van der Waals surface area contributed by atoms with Crippen molar-refractivity contribution in [1.82, 2.24) is 14.3 Å². The summed E-state index contributed by atoms with van der Waals surface area (Å²) in [5.74, 6) is 0.720. The van der Waals surface area contributed by atoms with Crippen LogP contribution in [0.5, 0.6) is 0 Å². The fourth-order valence-electron chi connectivity index (χ4n) is 1.78. The van der Waals surface area contributed by atoms with Gasteiger partial charge in [-0.1, -0.05) is 6.92 Å². The zero-order valence-corrected chi connectivity index (χ0v) is 12.7. The van der Waals surface area contributed by atoms with Gasteiger partial charge in [-0.2, -0.15) is 0 Å². The van der Waals surface area contributed by atoms with Crippen molar-refractivity contribution in [3.63, 3.8) is 0 Å². The van der Waals surface area contributed by atoms with E-state index < -0.39 is 10.0 Å². The fourth-order valence-corrected chi connectivity index (χ4v) is 2.86. The quantitative estimate of drug-likeness (QED) is 0.698.